The van der Waals surface area contributed by atoms with E-state index in [4.69, 9.17) is 4.42 Å². The SMILES string of the molecule is CCC(CC)NC(=O)c1cc(-c2cccc(-c3ncc(C(=O)N[C@H](C)C4CC4)o3)c2)n[nH]1. The second kappa shape index (κ2) is 9.38. The average molecular weight is 436 g/mol. The lowest BCUT2D eigenvalue weighted by atomic mass is 10.1. The van der Waals surface area contributed by atoms with Gasteiger partial charge >= 0.3 is 0 Å². The molecule has 8 heteroatoms. The molecule has 0 saturated heterocycles. The Kier molecular flexibility index (Phi) is 6.39. The first-order valence-corrected chi connectivity index (χ1v) is 11.2. The first kappa shape index (κ1) is 21.8. The third-order valence-corrected chi connectivity index (χ3v) is 5.97. The summed E-state index contributed by atoms with van der Waals surface area (Å²) in [7, 11) is 0. The van der Waals surface area contributed by atoms with Gasteiger partial charge in [-0.1, -0.05) is 26.0 Å². The second-order valence-electron chi connectivity index (χ2n) is 8.36. The van der Waals surface area contributed by atoms with E-state index in [2.05, 4.69) is 25.8 Å². The van der Waals surface area contributed by atoms with Crippen molar-refractivity contribution in [2.24, 2.45) is 5.92 Å². The zero-order valence-electron chi connectivity index (χ0n) is 18.6. The number of nitrogens with one attached hydrogen (secondary N) is 3. The molecule has 3 N–H and O–H groups in total. The number of rotatable bonds is 9. The molecule has 4 rings (SSSR count). The minimum Gasteiger partial charge on any atom is -0.431 e. The van der Waals surface area contributed by atoms with E-state index in [9.17, 15) is 9.59 Å². The number of amides is 2. The molecule has 0 aliphatic heterocycles. The summed E-state index contributed by atoms with van der Waals surface area (Å²) in [5.41, 5.74) is 2.59. The van der Waals surface area contributed by atoms with Crippen LogP contribution in [0, 0.1) is 5.92 Å². The van der Waals surface area contributed by atoms with Gasteiger partial charge in [0, 0.05) is 23.2 Å². The number of benzene rings is 1. The number of aromatic amines is 1. The number of oxazole rings is 1. The number of hydrogen-bond donors (Lipinski definition) is 3. The summed E-state index contributed by atoms with van der Waals surface area (Å²) in [4.78, 5) is 29.1. The molecule has 1 aliphatic rings. The highest BCUT2D eigenvalue weighted by Gasteiger charge is 2.29. The Hall–Kier alpha value is -3.42. The average Bonchev–Trinajstić information content (AvgIpc) is 3.33. The van der Waals surface area contributed by atoms with Gasteiger partial charge in [-0.15, -0.1) is 0 Å². The first-order valence-electron chi connectivity index (χ1n) is 11.2. The Labute approximate surface area is 187 Å². The van der Waals surface area contributed by atoms with Crippen molar-refractivity contribution in [1.82, 2.24) is 25.8 Å². The lowest BCUT2D eigenvalue weighted by molar-refractivity contribution is 0.0906. The third-order valence-electron chi connectivity index (χ3n) is 5.97. The largest absolute Gasteiger partial charge is 0.431 e. The van der Waals surface area contributed by atoms with Crippen LogP contribution in [0.25, 0.3) is 22.7 Å². The summed E-state index contributed by atoms with van der Waals surface area (Å²) in [6, 6.07) is 9.50. The number of aromatic nitrogens is 3. The van der Waals surface area contributed by atoms with Crippen LogP contribution in [0.2, 0.25) is 0 Å². The van der Waals surface area contributed by atoms with Crippen molar-refractivity contribution in [3.8, 4) is 22.7 Å². The maximum absolute atomic E-state index is 12.4. The van der Waals surface area contributed by atoms with E-state index < -0.39 is 0 Å². The van der Waals surface area contributed by atoms with Crippen LogP contribution >= 0.6 is 0 Å². The van der Waals surface area contributed by atoms with Gasteiger partial charge in [0.1, 0.15) is 5.69 Å². The predicted molar refractivity (Wildman–Crippen MR) is 121 cm³/mol. The van der Waals surface area contributed by atoms with Crippen molar-refractivity contribution in [3.05, 3.63) is 48.0 Å². The highest BCUT2D eigenvalue weighted by molar-refractivity contribution is 5.93. The smallest absolute Gasteiger partial charge is 0.288 e. The number of carbonyl (C=O) groups is 2. The first-order chi connectivity index (χ1) is 15.5. The normalized spacial score (nSPS) is 14.4. The van der Waals surface area contributed by atoms with Crippen LogP contribution in [0.1, 0.15) is 67.5 Å². The van der Waals surface area contributed by atoms with Crippen molar-refractivity contribution in [1.29, 1.82) is 0 Å². The Bertz CT molecular complexity index is 1030. The second-order valence-corrected chi connectivity index (χ2v) is 8.36. The molecule has 3 aromatic rings. The maximum atomic E-state index is 12.4. The summed E-state index contributed by atoms with van der Waals surface area (Å²) >= 11 is 0. The third kappa shape index (κ3) is 4.90. The van der Waals surface area contributed by atoms with Crippen LogP contribution in [0.4, 0.5) is 0 Å². The fraction of sp³-hybridized carbons (Fsp3) is 0.417. The highest BCUT2D eigenvalue weighted by Crippen LogP contribution is 2.32. The molecule has 0 radical (unpaired) electrons. The molecular formula is C24H29N5O3. The lowest BCUT2D eigenvalue weighted by Gasteiger charge is -2.13. The van der Waals surface area contributed by atoms with Gasteiger partial charge in [-0.3, -0.25) is 14.7 Å². The molecule has 2 heterocycles. The topological polar surface area (TPSA) is 113 Å². The summed E-state index contributed by atoms with van der Waals surface area (Å²) < 4.78 is 5.72. The van der Waals surface area contributed by atoms with Crippen molar-refractivity contribution in [2.75, 3.05) is 0 Å². The van der Waals surface area contributed by atoms with E-state index in [0.717, 1.165) is 36.8 Å². The molecule has 8 nitrogen and oxygen atoms in total. The minimum atomic E-state index is -0.250. The zero-order chi connectivity index (χ0) is 22.7. The molecule has 32 heavy (non-hydrogen) atoms. The Morgan fingerprint density at radius 2 is 1.88 bits per heavy atom. The van der Waals surface area contributed by atoms with Gasteiger partial charge in [-0.05, 0) is 56.7 Å². The minimum absolute atomic E-state index is 0.135. The van der Waals surface area contributed by atoms with Crippen molar-refractivity contribution < 1.29 is 14.0 Å². The molecule has 1 aromatic carbocycles. The summed E-state index contributed by atoms with van der Waals surface area (Å²) in [6.45, 7) is 6.10. The van der Waals surface area contributed by atoms with Crippen LogP contribution in [-0.2, 0) is 0 Å². The molecule has 2 aromatic heterocycles. The molecule has 0 unspecified atom stereocenters. The zero-order valence-corrected chi connectivity index (χ0v) is 18.6. The van der Waals surface area contributed by atoms with Crippen LogP contribution in [-0.4, -0.2) is 39.1 Å². The molecule has 0 spiro atoms. The van der Waals surface area contributed by atoms with Gasteiger partial charge in [0.2, 0.25) is 11.7 Å². The number of nitrogens with zero attached hydrogens (tertiary/aromatic N) is 2. The fourth-order valence-electron chi connectivity index (χ4n) is 3.66. The van der Waals surface area contributed by atoms with E-state index in [1.807, 2.05) is 45.0 Å². The molecule has 1 saturated carbocycles. The monoisotopic (exact) mass is 435 g/mol. The molecule has 0 bridgehead atoms. The highest BCUT2D eigenvalue weighted by atomic mass is 16.4. The summed E-state index contributed by atoms with van der Waals surface area (Å²) in [5.74, 6) is 0.696. The van der Waals surface area contributed by atoms with Gasteiger partial charge in [0.15, 0.2) is 0 Å². The number of hydrogen-bond acceptors (Lipinski definition) is 5. The van der Waals surface area contributed by atoms with Gasteiger partial charge < -0.3 is 15.1 Å². The molecule has 168 valence electrons. The lowest BCUT2D eigenvalue weighted by Crippen LogP contribution is -2.33. The Balaban J connectivity index is 1.47. The van der Waals surface area contributed by atoms with Crippen LogP contribution in [0.15, 0.2) is 40.9 Å². The molecular weight excluding hydrogens is 406 g/mol. The van der Waals surface area contributed by atoms with Gasteiger partial charge in [0.25, 0.3) is 11.8 Å². The maximum Gasteiger partial charge on any atom is 0.288 e. The van der Waals surface area contributed by atoms with Gasteiger partial charge in [-0.25, -0.2) is 4.98 Å². The standard InChI is InChI=1S/C24H29N5O3/c1-4-18(5-2)27-22(30)20-12-19(28-29-20)16-7-6-8-17(11-16)24-25-13-21(32-24)23(31)26-14(3)15-9-10-15/h6-8,11-15,18H,4-5,9-10H2,1-3H3,(H,26,31)(H,27,30)(H,28,29)/t14-/m1/s1. The van der Waals surface area contributed by atoms with E-state index >= 15 is 0 Å². The number of carbonyl (C=O) groups excluding carboxylic acids is 2. The summed E-state index contributed by atoms with van der Waals surface area (Å²) in [5, 5.41) is 13.1. The Morgan fingerprint density at radius 1 is 1.12 bits per heavy atom. The van der Waals surface area contributed by atoms with E-state index in [1.165, 1.54) is 6.20 Å². The van der Waals surface area contributed by atoms with Crippen molar-refractivity contribution in [3.63, 3.8) is 0 Å². The van der Waals surface area contributed by atoms with Crippen LogP contribution in [0.3, 0.4) is 0 Å². The molecule has 2 amide bonds. The molecule has 1 aliphatic carbocycles. The number of H-pyrrole nitrogens is 1. The van der Waals surface area contributed by atoms with E-state index in [0.29, 0.717) is 23.2 Å². The quantitative estimate of drug-likeness (QED) is 0.467. The molecule has 1 atom stereocenters. The van der Waals surface area contributed by atoms with E-state index in [-0.39, 0.29) is 29.7 Å². The Morgan fingerprint density at radius 3 is 2.59 bits per heavy atom. The van der Waals surface area contributed by atoms with Crippen LogP contribution < -0.4 is 10.6 Å². The van der Waals surface area contributed by atoms with Gasteiger partial charge in [-0.2, -0.15) is 5.10 Å². The van der Waals surface area contributed by atoms with Crippen LogP contribution in [0.5, 0.6) is 0 Å². The fourth-order valence-corrected chi connectivity index (χ4v) is 3.66. The van der Waals surface area contributed by atoms with Crippen molar-refractivity contribution >= 4 is 11.8 Å². The van der Waals surface area contributed by atoms with Gasteiger partial charge in [0.05, 0.1) is 11.9 Å². The van der Waals surface area contributed by atoms with Crippen molar-refractivity contribution in [2.45, 2.75) is 58.5 Å². The predicted octanol–water partition coefficient (Wildman–Crippen LogP) is 4.18. The molecule has 1 fully saturated rings. The van der Waals surface area contributed by atoms with E-state index in [1.54, 1.807) is 6.07 Å². The summed E-state index contributed by atoms with van der Waals surface area (Å²) in [6.07, 6.45) is 5.52.